The molecule has 1 fully saturated rings. The fourth-order valence-corrected chi connectivity index (χ4v) is 3.23. The minimum atomic E-state index is -0.269. The van der Waals surface area contributed by atoms with Crippen molar-refractivity contribution in [3.8, 4) is 0 Å². The smallest absolute Gasteiger partial charge is 0.227 e. The van der Waals surface area contributed by atoms with Gasteiger partial charge in [-0.05, 0) is 30.4 Å². The number of carbonyl (C=O) groups excluding carboxylic acids is 2. The quantitative estimate of drug-likeness (QED) is 0.743. The Bertz CT molecular complexity index is 564. The van der Waals surface area contributed by atoms with Gasteiger partial charge in [-0.3, -0.25) is 9.59 Å². The molecule has 0 aliphatic carbocycles. The molecule has 1 atom stereocenters. The Morgan fingerprint density at radius 1 is 1.29 bits per heavy atom. The van der Waals surface area contributed by atoms with Crippen LogP contribution in [0, 0.1) is 5.92 Å². The van der Waals surface area contributed by atoms with Crippen LogP contribution < -0.4 is 10.2 Å². The van der Waals surface area contributed by atoms with E-state index in [1.165, 1.54) is 11.1 Å². The monoisotopic (exact) mass is 332 g/mol. The molecule has 5 nitrogen and oxygen atoms in total. The summed E-state index contributed by atoms with van der Waals surface area (Å²) in [6, 6.07) is 6.18. The average molecular weight is 332 g/mol. The number of anilines is 1. The SMILES string of the molecule is CCc1cccc(CC)c1N1CC(C(=O)NCCCOC)CC1=O. The van der Waals surface area contributed by atoms with Crippen LogP contribution >= 0.6 is 0 Å². The summed E-state index contributed by atoms with van der Waals surface area (Å²) >= 11 is 0. The molecule has 0 radical (unpaired) electrons. The lowest BCUT2D eigenvalue weighted by Crippen LogP contribution is -2.34. The average Bonchev–Trinajstić information content (AvgIpc) is 2.99. The molecule has 24 heavy (non-hydrogen) atoms. The van der Waals surface area contributed by atoms with Crippen molar-refractivity contribution in [1.29, 1.82) is 0 Å². The predicted molar refractivity (Wildman–Crippen MR) is 95.2 cm³/mol. The van der Waals surface area contributed by atoms with E-state index >= 15 is 0 Å². The van der Waals surface area contributed by atoms with Crippen LogP contribution in [0.25, 0.3) is 0 Å². The van der Waals surface area contributed by atoms with Gasteiger partial charge in [-0.2, -0.15) is 0 Å². The zero-order valence-corrected chi connectivity index (χ0v) is 14.9. The molecule has 132 valence electrons. The minimum Gasteiger partial charge on any atom is -0.385 e. The van der Waals surface area contributed by atoms with Gasteiger partial charge in [0.05, 0.1) is 5.92 Å². The number of hydrogen-bond acceptors (Lipinski definition) is 3. The minimum absolute atomic E-state index is 0.0334. The molecule has 0 aromatic heterocycles. The van der Waals surface area contributed by atoms with Crippen molar-refractivity contribution in [3.63, 3.8) is 0 Å². The first-order chi connectivity index (χ1) is 11.6. The molecule has 1 aliphatic heterocycles. The largest absolute Gasteiger partial charge is 0.385 e. The predicted octanol–water partition coefficient (Wildman–Crippen LogP) is 2.32. The van der Waals surface area contributed by atoms with Crippen molar-refractivity contribution in [2.24, 2.45) is 5.92 Å². The maximum atomic E-state index is 12.5. The van der Waals surface area contributed by atoms with Crippen molar-refractivity contribution in [2.45, 2.75) is 39.5 Å². The second-order valence-electron chi connectivity index (χ2n) is 6.17. The van der Waals surface area contributed by atoms with E-state index in [0.717, 1.165) is 24.9 Å². The van der Waals surface area contributed by atoms with Crippen molar-refractivity contribution in [2.75, 3.05) is 31.7 Å². The number of carbonyl (C=O) groups is 2. The summed E-state index contributed by atoms with van der Waals surface area (Å²) in [6.07, 6.45) is 2.82. The van der Waals surface area contributed by atoms with Crippen LogP contribution in [-0.2, 0) is 27.2 Å². The molecule has 1 saturated heterocycles. The van der Waals surface area contributed by atoms with Gasteiger partial charge in [-0.25, -0.2) is 0 Å². The normalized spacial score (nSPS) is 17.4. The summed E-state index contributed by atoms with van der Waals surface area (Å²) in [5, 5.41) is 2.91. The number of aryl methyl sites for hydroxylation is 2. The standard InChI is InChI=1S/C19H28N2O3/c1-4-14-8-6-9-15(5-2)18(14)21-13-16(12-17(21)22)19(23)20-10-7-11-24-3/h6,8-9,16H,4-5,7,10-13H2,1-3H3,(H,20,23). The number of para-hydroxylation sites is 1. The van der Waals surface area contributed by atoms with Gasteiger partial charge in [0.15, 0.2) is 0 Å². The third kappa shape index (κ3) is 4.15. The van der Waals surface area contributed by atoms with Crippen LogP contribution in [0.15, 0.2) is 18.2 Å². The molecule has 1 N–H and O–H groups in total. The molecule has 2 amide bonds. The molecular formula is C19H28N2O3. The molecular weight excluding hydrogens is 304 g/mol. The molecule has 1 aromatic carbocycles. The number of nitrogens with one attached hydrogen (secondary N) is 1. The number of methoxy groups -OCH3 is 1. The lowest BCUT2D eigenvalue weighted by molar-refractivity contribution is -0.126. The van der Waals surface area contributed by atoms with Crippen LogP contribution in [-0.4, -0.2) is 38.6 Å². The Morgan fingerprint density at radius 2 is 1.96 bits per heavy atom. The van der Waals surface area contributed by atoms with E-state index in [0.29, 0.717) is 19.7 Å². The summed E-state index contributed by atoms with van der Waals surface area (Å²) in [5.41, 5.74) is 3.36. The van der Waals surface area contributed by atoms with Gasteiger partial charge in [0.25, 0.3) is 0 Å². The van der Waals surface area contributed by atoms with Crippen molar-refractivity contribution < 1.29 is 14.3 Å². The van der Waals surface area contributed by atoms with E-state index in [4.69, 9.17) is 4.74 Å². The molecule has 1 heterocycles. The first-order valence-corrected chi connectivity index (χ1v) is 8.80. The second kappa shape index (κ2) is 8.83. The van der Waals surface area contributed by atoms with Crippen LogP contribution in [0.5, 0.6) is 0 Å². The van der Waals surface area contributed by atoms with E-state index in [9.17, 15) is 9.59 Å². The summed E-state index contributed by atoms with van der Waals surface area (Å²) in [5.74, 6) is -0.258. The van der Waals surface area contributed by atoms with Gasteiger partial charge in [-0.1, -0.05) is 32.0 Å². The van der Waals surface area contributed by atoms with Gasteiger partial charge in [0.1, 0.15) is 0 Å². The number of amides is 2. The molecule has 0 saturated carbocycles. The Labute approximate surface area is 144 Å². The highest BCUT2D eigenvalue weighted by Crippen LogP contribution is 2.32. The second-order valence-corrected chi connectivity index (χ2v) is 6.17. The molecule has 5 heteroatoms. The van der Waals surface area contributed by atoms with Crippen LogP contribution in [0.2, 0.25) is 0 Å². The van der Waals surface area contributed by atoms with Gasteiger partial charge < -0.3 is 15.0 Å². The van der Waals surface area contributed by atoms with Gasteiger partial charge >= 0.3 is 0 Å². The van der Waals surface area contributed by atoms with Gasteiger partial charge in [0.2, 0.25) is 11.8 Å². The van der Waals surface area contributed by atoms with Crippen LogP contribution in [0.3, 0.4) is 0 Å². The highest BCUT2D eigenvalue weighted by atomic mass is 16.5. The number of benzene rings is 1. The van der Waals surface area contributed by atoms with E-state index in [-0.39, 0.29) is 24.2 Å². The van der Waals surface area contributed by atoms with E-state index < -0.39 is 0 Å². The fraction of sp³-hybridized carbons (Fsp3) is 0.579. The number of nitrogens with zero attached hydrogens (tertiary/aromatic N) is 1. The Hall–Kier alpha value is -1.88. The Morgan fingerprint density at radius 3 is 2.54 bits per heavy atom. The molecule has 1 aliphatic rings. The molecule has 1 unspecified atom stereocenters. The third-order valence-corrected chi connectivity index (χ3v) is 4.56. The van der Waals surface area contributed by atoms with E-state index in [1.807, 2.05) is 11.0 Å². The maximum absolute atomic E-state index is 12.5. The van der Waals surface area contributed by atoms with Crippen molar-refractivity contribution in [3.05, 3.63) is 29.3 Å². The first-order valence-electron chi connectivity index (χ1n) is 8.80. The lowest BCUT2D eigenvalue weighted by atomic mass is 10.0. The summed E-state index contributed by atoms with van der Waals surface area (Å²) in [6.45, 7) is 5.87. The molecule has 2 rings (SSSR count). The topological polar surface area (TPSA) is 58.6 Å². The van der Waals surface area contributed by atoms with Gasteiger partial charge in [-0.15, -0.1) is 0 Å². The van der Waals surface area contributed by atoms with Crippen LogP contribution in [0.1, 0.15) is 37.8 Å². The first kappa shape index (κ1) is 18.5. The summed E-state index contributed by atoms with van der Waals surface area (Å²) < 4.78 is 4.98. The molecule has 0 spiro atoms. The number of hydrogen-bond donors (Lipinski definition) is 1. The zero-order chi connectivity index (χ0) is 17.5. The number of ether oxygens (including phenoxy) is 1. The number of rotatable bonds is 8. The van der Waals surface area contributed by atoms with E-state index in [1.54, 1.807) is 7.11 Å². The summed E-state index contributed by atoms with van der Waals surface area (Å²) in [7, 11) is 1.64. The summed E-state index contributed by atoms with van der Waals surface area (Å²) in [4.78, 5) is 26.7. The highest BCUT2D eigenvalue weighted by Gasteiger charge is 2.36. The molecule has 0 bridgehead atoms. The zero-order valence-electron chi connectivity index (χ0n) is 14.9. The fourth-order valence-electron chi connectivity index (χ4n) is 3.23. The maximum Gasteiger partial charge on any atom is 0.227 e. The van der Waals surface area contributed by atoms with Gasteiger partial charge in [0, 0.05) is 38.9 Å². The molecule has 1 aromatic rings. The highest BCUT2D eigenvalue weighted by molar-refractivity contribution is 6.01. The van der Waals surface area contributed by atoms with Crippen molar-refractivity contribution >= 4 is 17.5 Å². The lowest BCUT2D eigenvalue weighted by Gasteiger charge is -2.23. The Balaban J connectivity index is 2.09. The van der Waals surface area contributed by atoms with Crippen molar-refractivity contribution in [1.82, 2.24) is 5.32 Å². The third-order valence-electron chi connectivity index (χ3n) is 4.56. The van der Waals surface area contributed by atoms with E-state index in [2.05, 4.69) is 31.3 Å². The van der Waals surface area contributed by atoms with Crippen LogP contribution in [0.4, 0.5) is 5.69 Å². The Kier molecular flexibility index (Phi) is 6.79.